The van der Waals surface area contributed by atoms with Crippen LogP contribution in [-0.4, -0.2) is 0 Å². The molecule has 1 saturated heterocycles. The predicted molar refractivity (Wildman–Crippen MR) is 309 cm³/mol. The van der Waals surface area contributed by atoms with Gasteiger partial charge in [0.05, 0.1) is 98.2 Å². The second kappa shape index (κ2) is 17.4. The second-order valence-corrected chi connectivity index (χ2v) is 24.2. The molecule has 79 heavy (non-hydrogen) atoms. The quantitative estimate of drug-likeness (QED) is 0.167. The molecule has 11 nitrogen and oxygen atoms in total. The highest BCUT2D eigenvalue weighted by atomic mass is 16.5. The van der Waals surface area contributed by atoms with Crippen molar-refractivity contribution in [3.8, 4) is 58.8 Å². The van der Waals surface area contributed by atoms with Gasteiger partial charge in [-0.05, 0) is 131 Å². The van der Waals surface area contributed by atoms with Crippen LogP contribution >= 0.6 is 0 Å². The first kappa shape index (κ1) is 48.9. The summed E-state index contributed by atoms with van der Waals surface area (Å²) < 4.78 is 20.9. The lowest BCUT2D eigenvalue weighted by atomic mass is 9.83. The van der Waals surface area contributed by atoms with Gasteiger partial charge in [-0.3, -0.25) is 0 Å². The fraction of sp³-hybridized carbons (Fsp3) is 0.235. The summed E-state index contributed by atoms with van der Waals surface area (Å²) in [4.78, 5) is 9.18. The number of nitrogens with zero attached hydrogens (tertiary/aromatic N) is 8. The fourth-order valence-corrected chi connectivity index (χ4v) is 12.3. The maximum absolute atomic E-state index is 12.8. The summed E-state index contributed by atoms with van der Waals surface area (Å²) in [6.07, 6.45) is 1.61. The summed E-state index contributed by atoms with van der Waals surface area (Å²) in [5.41, 5.74) is 13.4. The standard InChI is InChI=1S/C68H56N8O3/c1-66(2,3)42-18-24-50-58(32-42)77-55-29-39(35-69)15-21-47(55)74(50)63-46(38-72)64(75-48-22-16-40(36-70)30-56(48)78-59-33-43(67(4,5)6)19-25-51(59)75)65(62-54-28-27-53(61(62)63)73(54)45-13-11-10-12-14-45)76-49-23-17-41(37-71)31-57(49)79-60-34-44(68(7,8)9)20-26-52(60)76/h10-26,29-34,53-54H,27-28H2,1-9H3. The highest BCUT2D eigenvalue weighted by Gasteiger charge is 2.53. The lowest BCUT2D eigenvalue weighted by Gasteiger charge is -2.43. The van der Waals surface area contributed by atoms with E-state index in [9.17, 15) is 21.0 Å². The first-order valence-electron chi connectivity index (χ1n) is 26.9. The van der Waals surface area contributed by atoms with Crippen molar-refractivity contribution in [2.45, 2.75) is 103 Å². The van der Waals surface area contributed by atoms with Gasteiger partial charge in [-0.15, -0.1) is 0 Å². The van der Waals surface area contributed by atoms with E-state index in [1.165, 1.54) is 0 Å². The Morgan fingerprint density at radius 2 is 0.709 bits per heavy atom. The normalized spacial score (nSPS) is 16.2. The van der Waals surface area contributed by atoms with Crippen molar-refractivity contribution in [2.24, 2.45) is 0 Å². The number of anilines is 10. The van der Waals surface area contributed by atoms with Gasteiger partial charge in [0.2, 0.25) is 0 Å². The van der Waals surface area contributed by atoms with E-state index in [2.05, 4.69) is 185 Å². The van der Waals surface area contributed by atoms with Crippen molar-refractivity contribution in [3.05, 3.63) is 190 Å². The van der Waals surface area contributed by atoms with Gasteiger partial charge in [-0.25, -0.2) is 0 Å². The molecule has 5 aliphatic heterocycles. The molecule has 0 spiro atoms. The van der Waals surface area contributed by atoms with Gasteiger partial charge < -0.3 is 33.8 Å². The predicted octanol–water partition coefficient (Wildman–Crippen LogP) is 18.2. The van der Waals surface area contributed by atoms with Gasteiger partial charge in [-0.1, -0.05) is 98.7 Å². The van der Waals surface area contributed by atoms with Crippen LogP contribution in [0.25, 0.3) is 0 Å². The Labute approximate surface area is 461 Å². The number of para-hydroxylation sites is 1. The van der Waals surface area contributed by atoms with Crippen molar-refractivity contribution in [1.29, 1.82) is 21.0 Å². The van der Waals surface area contributed by atoms with E-state index >= 15 is 0 Å². The average molecular weight is 1030 g/mol. The zero-order chi connectivity index (χ0) is 55.0. The molecule has 2 unspecified atom stereocenters. The third kappa shape index (κ3) is 7.56. The number of nitriles is 4. The Balaban J connectivity index is 1.24. The molecule has 1 fully saturated rings. The highest BCUT2D eigenvalue weighted by Crippen LogP contribution is 2.70. The second-order valence-electron chi connectivity index (χ2n) is 24.2. The molecule has 5 heterocycles. The summed E-state index contributed by atoms with van der Waals surface area (Å²) in [5, 5.41) is 44.0. The number of hydrogen-bond acceptors (Lipinski definition) is 11. The minimum absolute atomic E-state index is 0.208. The first-order chi connectivity index (χ1) is 37.9. The van der Waals surface area contributed by atoms with Crippen LogP contribution in [0.2, 0.25) is 0 Å². The topological polar surface area (TPSA) is 136 Å². The Hall–Kier alpha value is -9.68. The van der Waals surface area contributed by atoms with Gasteiger partial charge in [0.15, 0.2) is 34.5 Å². The van der Waals surface area contributed by atoms with Crippen LogP contribution in [0.3, 0.4) is 0 Å². The molecule has 0 amide bonds. The maximum Gasteiger partial charge on any atom is 0.152 e. The van der Waals surface area contributed by atoms with E-state index in [4.69, 9.17) is 14.2 Å². The van der Waals surface area contributed by atoms with E-state index in [-0.39, 0.29) is 28.3 Å². The van der Waals surface area contributed by atoms with Gasteiger partial charge >= 0.3 is 0 Å². The summed E-state index contributed by atoms with van der Waals surface area (Å²) in [5.74, 6) is 3.22. The van der Waals surface area contributed by atoms with Crippen LogP contribution in [0.4, 0.5) is 56.9 Å². The number of ether oxygens (including phenoxy) is 3. The third-order valence-electron chi connectivity index (χ3n) is 16.2. The van der Waals surface area contributed by atoms with Gasteiger partial charge in [0.25, 0.3) is 0 Å². The smallest absolute Gasteiger partial charge is 0.152 e. The molecule has 0 N–H and O–H groups in total. The minimum Gasteiger partial charge on any atom is -0.453 e. The zero-order valence-corrected chi connectivity index (χ0v) is 45.7. The van der Waals surface area contributed by atoms with Gasteiger partial charge in [-0.2, -0.15) is 21.0 Å². The number of benzene rings is 8. The molecule has 2 atom stereocenters. The first-order valence-corrected chi connectivity index (χ1v) is 26.9. The summed E-state index contributed by atoms with van der Waals surface area (Å²) in [6.45, 7) is 19.6. The lowest BCUT2D eigenvalue weighted by Crippen LogP contribution is -2.27. The van der Waals surface area contributed by atoms with Crippen molar-refractivity contribution >= 4 is 56.9 Å². The Bertz CT molecular complexity index is 4120. The summed E-state index contributed by atoms with van der Waals surface area (Å²) >= 11 is 0. The van der Waals surface area contributed by atoms with E-state index in [0.717, 1.165) is 63.4 Å². The largest absolute Gasteiger partial charge is 0.453 e. The summed E-state index contributed by atoms with van der Waals surface area (Å²) in [7, 11) is 0. The van der Waals surface area contributed by atoms with Crippen molar-refractivity contribution in [3.63, 3.8) is 0 Å². The SMILES string of the molecule is CC(C)(C)c1ccc2c(c1)Oc1cc(C#N)ccc1N2c1c(C#N)c(N2c3ccc(C#N)cc3Oc3cc(C(C)(C)C)ccc32)c(N2c3ccc(C#N)cc3Oc3cc(C(C)(C)C)ccc32)c2c1C1CCC2N1c1ccccc1. The fourth-order valence-electron chi connectivity index (χ4n) is 12.3. The highest BCUT2D eigenvalue weighted by molar-refractivity contribution is 6.07. The van der Waals surface area contributed by atoms with E-state index in [1.807, 2.05) is 36.4 Å². The molecular formula is C68H56N8O3. The Morgan fingerprint density at radius 1 is 0.380 bits per heavy atom. The van der Waals surface area contributed by atoms with Crippen LogP contribution in [0.5, 0.6) is 34.5 Å². The Morgan fingerprint density at radius 3 is 1.06 bits per heavy atom. The molecule has 11 heteroatoms. The van der Waals surface area contributed by atoms with Crippen LogP contribution in [0, 0.1) is 45.3 Å². The number of hydrogen-bond donors (Lipinski definition) is 0. The van der Waals surface area contributed by atoms with Crippen molar-refractivity contribution in [2.75, 3.05) is 19.6 Å². The van der Waals surface area contributed by atoms with Crippen LogP contribution < -0.4 is 33.8 Å². The Kier molecular flexibility index (Phi) is 10.8. The van der Waals surface area contributed by atoms with Crippen molar-refractivity contribution in [1.82, 2.24) is 0 Å². The average Bonchev–Trinajstić information content (AvgIpc) is 2.73. The molecule has 0 aliphatic carbocycles. The lowest BCUT2D eigenvalue weighted by molar-refractivity contribution is 0.471. The molecule has 5 aliphatic rings. The monoisotopic (exact) mass is 1030 g/mol. The minimum atomic E-state index is -0.257. The molecule has 2 bridgehead atoms. The number of rotatable bonds is 4. The van der Waals surface area contributed by atoms with Crippen molar-refractivity contribution < 1.29 is 14.2 Å². The summed E-state index contributed by atoms with van der Waals surface area (Å²) in [6, 6.07) is 55.7. The molecule has 8 aromatic carbocycles. The molecule has 0 saturated carbocycles. The van der Waals surface area contributed by atoms with Crippen LogP contribution in [-0.2, 0) is 16.2 Å². The molecular weight excluding hydrogens is 977 g/mol. The molecule has 386 valence electrons. The maximum atomic E-state index is 12.8. The number of fused-ring (bicyclic) bond motifs is 11. The van der Waals surface area contributed by atoms with E-state index in [0.29, 0.717) is 90.9 Å². The molecule has 13 rings (SSSR count). The van der Waals surface area contributed by atoms with Gasteiger partial charge in [0.1, 0.15) is 11.6 Å². The zero-order valence-electron chi connectivity index (χ0n) is 45.7. The third-order valence-corrected chi connectivity index (χ3v) is 16.2. The van der Waals surface area contributed by atoms with Gasteiger partial charge in [0, 0.05) is 35.0 Å². The van der Waals surface area contributed by atoms with E-state index < -0.39 is 0 Å². The molecule has 0 aromatic heterocycles. The van der Waals surface area contributed by atoms with Crippen LogP contribution in [0.15, 0.2) is 140 Å². The van der Waals surface area contributed by atoms with Crippen LogP contribution in [0.1, 0.15) is 137 Å². The van der Waals surface area contributed by atoms with E-state index in [1.54, 1.807) is 24.3 Å². The molecule has 0 radical (unpaired) electrons. The molecule has 8 aromatic rings.